The second kappa shape index (κ2) is 3.29. The Hall–Kier alpha value is -2.90. The van der Waals surface area contributed by atoms with Crippen LogP contribution < -0.4 is 0 Å². The van der Waals surface area contributed by atoms with Gasteiger partial charge in [-0.1, -0.05) is 0 Å². The van der Waals surface area contributed by atoms with E-state index in [1.807, 2.05) is 0 Å². The highest BCUT2D eigenvalue weighted by atomic mass is 15.2. The third-order valence-corrected chi connectivity index (χ3v) is 2.59. The van der Waals surface area contributed by atoms with Gasteiger partial charge in [-0.15, -0.1) is 0 Å². The molecule has 0 aromatic carbocycles. The van der Waals surface area contributed by atoms with Crippen LogP contribution in [0.1, 0.15) is 0 Å². The van der Waals surface area contributed by atoms with Crippen molar-refractivity contribution in [1.29, 1.82) is 0 Å². The van der Waals surface area contributed by atoms with Crippen LogP contribution in [0.15, 0.2) is 31.4 Å². The van der Waals surface area contributed by atoms with Gasteiger partial charge in [-0.25, -0.2) is 24.9 Å². The maximum atomic E-state index is 4.34. The molecule has 8 heteroatoms. The first-order valence-corrected chi connectivity index (χ1v) is 5.21. The predicted octanol–water partition coefficient (Wildman–Crippen LogP) is 0.433. The molecule has 2 aromatic rings. The number of rotatable bonds is 1. The second-order valence-electron chi connectivity index (χ2n) is 3.66. The van der Waals surface area contributed by atoms with E-state index in [-0.39, 0.29) is 0 Å². The molecule has 18 heavy (non-hydrogen) atoms. The van der Waals surface area contributed by atoms with Gasteiger partial charge in [-0.3, -0.25) is 4.57 Å². The highest BCUT2D eigenvalue weighted by Crippen LogP contribution is 2.17. The fraction of sp³-hybridized carbons (Fsp3) is 0. The maximum absolute atomic E-state index is 4.34. The number of imidazole rings is 2. The molecule has 4 heterocycles. The SMILES string of the molecule is c1nc2cncn(-c3ncc4[nH]cnc4n3)c-2n1. The summed E-state index contributed by atoms with van der Waals surface area (Å²) in [5.41, 5.74) is 2.08. The smallest absolute Gasteiger partial charge is 0.238 e. The zero-order valence-corrected chi connectivity index (χ0v) is 9.02. The van der Waals surface area contributed by atoms with Crippen LogP contribution in [0.5, 0.6) is 0 Å². The predicted molar refractivity (Wildman–Crippen MR) is 61.0 cm³/mol. The van der Waals surface area contributed by atoms with Crippen LogP contribution in [0.3, 0.4) is 0 Å². The van der Waals surface area contributed by atoms with E-state index >= 15 is 0 Å². The van der Waals surface area contributed by atoms with Crippen LogP contribution in [-0.2, 0) is 0 Å². The lowest BCUT2D eigenvalue weighted by Crippen LogP contribution is -2.06. The van der Waals surface area contributed by atoms with E-state index in [0.717, 1.165) is 5.52 Å². The van der Waals surface area contributed by atoms with Gasteiger partial charge in [0.1, 0.15) is 23.9 Å². The summed E-state index contributed by atoms with van der Waals surface area (Å²) >= 11 is 0. The number of nitrogens with one attached hydrogen (secondary N) is 1. The number of H-pyrrole nitrogens is 1. The number of hydrogen-bond acceptors (Lipinski definition) is 6. The summed E-state index contributed by atoms with van der Waals surface area (Å²) in [5, 5.41) is 0. The zero-order chi connectivity index (χ0) is 11.9. The first-order chi connectivity index (χ1) is 8.92. The molecule has 2 aliphatic rings. The van der Waals surface area contributed by atoms with Gasteiger partial charge in [0.25, 0.3) is 0 Å². The summed E-state index contributed by atoms with van der Waals surface area (Å²) in [4.78, 5) is 28.0. The molecule has 0 amide bonds. The molecule has 86 valence electrons. The maximum Gasteiger partial charge on any atom is 0.238 e. The molecular formula is C10H6N8. The average Bonchev–Trinajstić information content (AvgIpc) is 3.05. The van der Waals surface area contributed by atoms with Gasteiger partial charge >= 0.3 is 0 Å². The van der Waals surface area contributed by atoms with Gasteiger partial charge in [0, 0.05) is 0 Å². The van der Waals surface area contributed by atoms with Gasteiger partial charge in [-0.2, -0.15) is 4.98 Å². The number of fused-ring (bicyclic) bond motifs is 2. The standard InChI is InChI=1S/C10H6N8/c1-7-9(16-4-14-7)18(5-11-1)10-12-2-6-8(17-10)15-3-13-6/h1-5H,(H,12,13,15,17). The fourth-order valence-electron chi connectivity index (χ4n) is 1.76. The highest BCUT2D eigenvalue weighted by Gasteiger charge is 2.13. The molecule has 2 aliphatic heterocycles. The average molecular weight is 238 g/mol. The number of hydrogen-bond donors (Lipinski definition) is 1. The molecule has 2 aromatic heterocycles. The van der Waals surface area contributed by atoms with Crippen molar-refractivity contribution in [2.24, 2.45) is 0 Å². The molecule has 8 nitrogen and oxygen atoms in total. The second-order valence-corrected chi connectivity index (χ2v) is 3.66. The summed E-state index contributed by atoms with van der Waals surface area (Å²) in [6.07, 6.45) is 7.98. The Morgan fingerprint density at radius 3 is 3.06 bits per heavy atom. The molecule has 4 rings (SSSR count). The Labute approximate surface area is 100 Å². The van der Waals surface area contributed by atoms with Crippen molar-refractivity contribution in [2.45, 2.75) is 0 Å². The third-order valence-electron chi connectivity index (χ3n) is 2.59. The minimum absolute atomic E-state index is 0.466. The van der Waals surface area contributed by atoms with Crippen LogP contribution >= 0.6 is 0 Å². The van der Waals surface area contributed by atoms with Crippen LogP contribution in [0.4, 0.5) is 0 Å². The molecule has 0 atom stereocenters. The molecule has 0 saturated carbocycles. The molecule has 0 radical (unpaired) electrons. The Morgan fingerprint density at radius 2 is 2.06 bits per heavy atom. The summed E-state index contributed by atoms with van der Waals surface area (Å²) in [7, 11) is 0. The topological polar surface area (TPSA) is 98.1 Å². The lowest BCUT2D eigenvalue weighted by Gasteiger charge is -2.06. The van der Waals surface area contributed by atoms with E-state index in [0.29, 0.717) is 23.1 Å². The van der Waals surface area contributed by atoms with Gasteiger partial charge in [-0.05, 0) is 0 Å². The minimum Gasteiger partial charge on any atom is -0.342 e. The van der Waals surface area contributed by atoms with Crippen LogP contribution in [0.2, 0.25) is 0 Å². The van der Waals surface area contributed by atoms with Crippen molar-refractivity contribution in [2.75, 3.05) is 0 Å². The van der Waals surface area contributed by atoms with E-state index < -0.39 is 0 Å². The summed E-state index contributed by atoms with van der Waals surface area (Å²) in [5.74, 6) is 1.13. The monoisotopic (exact) mass is 238 g/mol. The van der Waals surface area contributed by atoms with E-state index in [4.69, 9.17) is 0 Å². The quantitative estimate of drug-likeness (QED) is 0.516. The molecule has 0 bridgehead atoms. The van der Waals surface area contributed by atoms with Crippen molar-refractivity contribution in [3.63, 3.8) is 0 Å². The van der Waals surface area contributed by atoms with Crippen LogP contribution in [0.25, 0.3) is 28.6 Å². The number of aromatic nitrogens is 8. The van der Waals surface area contributed by atoms with Gasteiger partial charge < -0.3 is 4.98 Å². The third kappa shape index (κ3) is 1.19. The number of nitrogens with zero attached hydrogens (tertiary/aromatic N) is 7. The van der Waals surface area contributed by atoms with Crippen molar-refractivity contribution in [1.82, 2.24) is 39.5 Å². The van der Waals surface area contributed by atoms with Crippen molar-refractivity contribution < 1.29 is 0 Å². The van der Waals surface area contributed by atoms with Gasteiger partial charge in [0.05, 0.1) is 18.7 Å². The summed E-state index contributed by atoms with van der Waals surface area (Å²) < 4.78 is 1.68. The molecule has 0 aliphatic carbocycles. The zero-order valence-electron chi connectivity index (χ0n) is 9.02. The largest absolute Gasteiger partial charge is 0.342 e. The molecule has 0 unspecified atom stereocenters. The Kier molecular flexibility index (Phi) is 1.68. The van der Waals surface area contributed by atoms with Crippen molar-refractivity contribution in [3.05, 3.63) is 31.4 Å². The Morgan fingerprint density at radius 1 is 1.06 bits per heavy atom. The summed E-state index contributed by atoms with van der Waals surface area (Å²) in [6, 6.07) is 0. The first-order valence-electron chi connectivity index (χ1n) is 5.21. The van der Waals surface area contributed by atoms with Crippen molar-refractivity contribution >= 4 is 11.2 Å². The first kappa shape index (κ1) is 9.16. The van der Waals surface area contributed by atoms with Crippen LogP contribution in [0, 0.1) is 0 Å². The minimum atomic E-state index is 0.466. The van der Waals surface area contributed by atoms with Gasteiger partial charge in [0.15, 0.2) is 11.5 Å². The Balaban J connectivity index is 1.99. The molecule has 0 fully saturated rings. The van der Waals surface area contributed by atoms with E-state index in [9.17, 15) is 0 Å². The number of aromatic amines is 1. The Bertz CT molecular complexity index is 800. The fourth-order valence-corrected chi connectivity index (χ4v) is 1.76. The van der Waals surface area contributed by atoms with E-state index in [1.165, 1.54) is 6.33 Å². The van der Waals surface area contributed by atoms with Gasteiger partial charge in [0.2, 0.25) is 5.95 Å². The molecular weight excluding hydrogens is 232 g/mol. The molecule has 1 N–H and O–H groups in total. The van der Waals surface area contributed by atoms with E-state index in [2.05, 4.69) is 34.9 Å². The van der Waals surface area contributed by atoms with Crippen molar-refractivity contribution in [3.8, 4) is 17.5 Å². The van der Waals surface area contributed by atoms with Crippen LogP contribution in [-0.4, -0.2) is 39.5 Å². The highest BCUT2D eigenvalue weighted by molar-refractivity contribution is 5.69. The molecule has 0 saturated heterocycles. The lowest BCUT2D eigenvalue weighted by molar-refractivity contribution is 0.884. The normalized spacial score (nSPS) is 11.3. The summed E-state index contributed by atoms with van der Waals surface area (Å²) in [6.45, 7) is 0. The van der Waals surface area contributed by atoms with E-state index in [1.54, 1.807) is 29.6 Å². The molecule has 0 spiro atoms. The lowest BCUT2D eigenvalue weighted by atomic mass is 10.4.